The van der Waals surface area contributed by atoms with Crippen molar-refractivity contribution in [2.75, 3.05) is 0 Å². The second-order valence-corrected chi connectivity index (χ2v) is 4.32. The largest absolute Gasteiger partial charge is 0.486 e. The van der Waals surface area contributed by atoms with Crippen LogP contribution in [0.5, 0.6) is 5.75 Å². The maximum absolute atomic E-state index is 8.92. The predicted molar refractivity (Wildman–Crippen MR) is 72.9 cm³/mol. The summed E-state index contributed by atoms with van der Waals surface area (Å²) in [5.74, 6) is 2.06. The van der Waals surface area contributed by atoms with Crippen molar-refractivity contribution < 1.29 is 14.3 Å². The zero-order valence-corrected chi connectivity index (χ0v) is 10.4. The average molecular weight is 254 g/mol. The highest BCUT2D eigenvalue weighted by Crippen LogP contribution is 2.21. The lowest BCUT2D eigenvalue weighted by Crippen LogP contribution is -1.93. The van der Waals surface area contributed by atoms with E-state index in [-0.39, 0.29) is 6.61 Å². The standard InChI is InChI=1S/C16H14O3/c17-10-15-7-8-16(19-15)11-18-14-6-5-12-3-1-2-4-13(12)9-14/h1-9,17H,10-11H2. The Morgan fingerprint density at radius 3 is 2.47 bits per heavy atom. The number of aliphatic hydroxyl groups excluding tert-OH is 1. The first-order chi connectivity index (χ1) is 9.35. The molecule has 0 aliphatic rings. The summed E-state index contributed by atoms with van der Waals surface area (Å²) in [7, 11) is 0. The van der Waals surface area contributed by atoms with Crippen LogP contribution >= 0.6 is 0 Å². The van der Waals surface area contributed by atoms with Gasteiger partial charge in [-0.15, -0.1) is 0 Å². The molecule has 0 unspecified atom stereocenters. The van der Waals surface area contributed by atoms with Gasteiger partial charge in [-0.25, -0.2) is 0 Å². The maximum atomic E-state index is 8.92. The number of furan rings is 1. The fraction of sp³-hybridized carbons (Fsp3) is 0.125. The van der Waals surface area contributed by atoms with E-state index in [1.807, 2.05) is 36.4 Å². The minimum atomic E-state index is -0.0873. The Hall–Kier alpha value is -2.26. The number of rotatable bonds is 4. The van der Waals surface area contributed by atoms with Crippen LogP contribution in [0.4, 0.5) is 0 Å². The number of hydrogen-bond acceptors (Lipinski definition) is 3. The fourth-order valence-electron chi connectivity index (χ4n) is 2.00. The fourth-order valence-corrected chi connectivity index (χ4v) is 2.00. The third kappa shape index (κ3) is 2.61. The molecule has 3 aromatic rings. The van der Waals surface area contributed by atoms with Crippen LogP contribution < -0.4 is 4.74 Å². The molecule has 0 amide bonds. The van der Waals surface area contributed by atoms with Gasteiger partial charge < -0.3 is 14.3 Å². The van der Waals surface area contributed by atoms with E-state index in [2.05, 4.69) is 12.1 Å². The van der Waals surface area contributed by atoms with E-state index in [1.54, 1.807) is 6.07 Å². The van der Waals surface area contributed by atoms with Crippen molar-refractivity contribution >= 4 is 10.8 Å². The number of ether oxygens (including phenoxy) is 1. The number of benzene rings is 2. The quantitative estimate of drug-likeness (QED) is 0.774. The normalized spacial score (nSPS) is 10.8. The summed E-state index contributed by atoms with van der Waals surface area (Å²) in [6, 6.07) is 17.7. The summed E-state index contributed by atoms with van der Waals surface area (Å²) in [6.45, 7) is 0.272. The van der Waals surface area contributed by atoms with Crippen LogP contribution in [0.25, 0.3) is 10.8 Å². The van der Waals surface area contributed by atoms with E-state index < -0.39 is 0 Å². The van der Waals surface area contributed by atoms with Gasteiger partial charge in [-0.2, -0.15) is 0 Å². The lowest BCUT2D eigenvalue weighted by Gasteiger charge is -2.05. The van der Waals surface area contributed by atoms with Crippen LogP contribution in [0.3, 0.4) is 0 Å². The van der Waals surface area contributed by atoms with Crippen molar-refractivity contribution in [1.29, 1.82) is 0 Å². The van der Waals surface area contributed by atoms with Gasteiger partial charge in [0.25, 0.3) is 0 Å². The van der Waals surface area contributed by atoms with Crippen LogP contribution in [0.1, 0.15) is 11.5 Å². The van der Waals surface area contributed by atoms with Gasteiger partial charge in [-0.05, 0) is 35.0 Å². The molecular weight excluding hydrogens is 240 g/mol. The van der Waals surface area contributed by atoms with Gasteiger partial charge in [0, 0.05) is 0 Å². The smallest absolute Gasteiger partial charge is 0.146 e. The van der Waals surface area contributed by atoms with E-state index in [4.69, 9.17) is 14.3 Å². The Kier molecular flexibility index (Phi) is 3.21. The topological polar surface area (TPSA) is 42.6 Å². The van der Waals surface area contributed by atoms with E-state index in [0.717, 1.165) is 11.1 Å². The summed E-state index contributed by atoms with van der Waals surface area (Å²) in [5, 5.41) is 11.3. The summed E-state index contributed by atoms with van der Waals surface area (Å²) < 4.78 is 11.0. The first-order valence-corrected chi connectivity index (χ1v) is 6.15. The van der Waals surface area contributed by atoms with Gasteiger partial charge in [0.1, 0.15) is 30.5 Å². The van der Waals surface area contributed by atoms with E-state index in [9.17, 15) is 0 Å². The van der Waals surface area contributed by atoms with Crippen LogP contribution in [0.2, 0.25) is 0 Å². The average Bonchev–Trinajstić information content (AvgIpc) is 2.93. The molecule has 0 bridgehead atoms. The van der Waals surface area contributed by atoms with E-state index in [0.29, 0.717) is 18.1 Å². The van der Waals surface area contributed by atoms with Crippen LogP contribution in [-0.2, 0) is 13.2 Å². The summed E-state index contributed by atoms with van der Waals surface area (Å²) >= 11 is 0. The van der Waals surface area contributed by atoms with Crippen molar-refractivity contribution in [2.45, 2.75) is 13.2 Å². The molecule has 0 spiro atoms. The minimum absolute atomic E-state index is 0.0873. The minimum Gasteiger partial charge on any atom is -0.486 e. The second kappa shape index (κ2) is 5.16. The molecule has 0 fully saturated rings. The van der Waals surface area contributed by atoms with Gasteiger partial charge in [0.15, 0.2) is 0 Å². The monoisotopic (exact) mass is 254 g/mol. The Balaban J connectivity index is 1.74. The molecule has 3 nitrogen and oxygen atoms in total. The molecule has 19 heavy (non-hydrogen) atoms. The van der Waals surface area contributed by atoms with Crippen LogP contribution in [0.15, 0.2) is 59.0 Å². The molecule has 1 N–H and O–H groups in total. The van der Waals surface area contributed by atoms with Crippen molar-refractivity contribution in [1.82, 2.24) is 0 Å². The Bertz CT molecular complexity index is 685. The summed E-state index contributed by atoms with van der Waals surface area (Å²) in [4.78, 5) is 0. The highest BCUT2D eigenvalue weighted by molar-refractivity contribution is 5.83. The molecular formula is C16H14O3. The highest BCUT2D eigenvalue weighted by Gasteiger charge is 2.02. The Labute approximate surface area is 111 Å². The molecule has 0 radical (unpaired) electrons. The number of hydrogen-bond donors (Lipinski definition) is 1. The van der Waals surface area contributed by atoms with Gasteiger partial charge in [0.2, 0.25) is 0 Å². The molecule has 1 heterocycles. The van der Waals surface area contributed by atoms with Gasteiger partial charge in [-0.3, -0.25) is 0 Å². The Morgan fingerprint density at radius 2 is 1.68 bits per heavy atom. The van der Waals surface area contributed by atoms with Gasteiger partial charge in [0.05, 0.1) is 0 Å². The number of fused-ring (bicyclic) bond motifs is 1. The second-order valence-electron chi connectivity index (χ2n) is 4.32. The SMILES string of the molecule is OCc1ccc(COc2ccc3ccccc3c2)o1. The first kappa shape index (κ1) is 11.8. The molecule has 0 aliphatic carbocycles. The maximum Gasteiger partial charge on any atom is 0.146 e. The van der Waals surface area contributed by atoms with Crippen LogP contribution in [-0.4, -0.2) is 5.11 Å². The summed E-state index contributed by atoms with van der Waals surface area (Å²) in [5.41, 5.74) is 0. The van der Waals surface area contributed by atoms with E-state index >= 15 is 0 Å². The molecule has 0 saturated heterocycles. The van der Waals surface area contributed by atoms with Crippen molar-refractivity contribution in [2.24, 2.45) is 0 Å². The lowest BCUT2D eigenvalue weighted by atomic mass is 10.1. The molecule has 3 heteroatoms. The zero-order chi connectivity index (χ0) is 13.1. The molecule has 2 aromatic carbocycles. The predicted octanol–water partition coefficient (Wildman–Crippen LogP) is 3.50. The molecule has 0 saturated carbocycles. The van der Waals surface area contributed by atoms with Crippen molar-refractivity contribution in [3.63, 3.8) is 0 Å². The van der Waals surface area contributed by atoms with Crippen molar-refractivity contribution in [3.05, 3.63) is 66.1 Å². The third-order valence-corrected chi connectivity index (χ3v) is 2.98. The molecule has 0 atom stereocenters. The van der Waals surface area contributed by atoms with Gasteiger partial charge >= 0.3 is 0 Å². The molecule has 1 aromatic heterocycles. The van der Waals surface area contributed by atoms with E-state index in [1.165, 1.54) is 5.39 Å². The highest BCUT2D eigenvalue weighted by atomic mass is 16.5. The van der Waals surface area contributed by atoms with Gasteiger partial charge in [-0.1, -0.05) is 30.3 Å². The molecule has 0 aliphatic heterocycles. The van der Waals surface area contributed by atoms with Crippen molar-refractivity contribution in [3.8, 4) is 5.75 Å². The molecule has 3 rings (SSSR count). The van der Waals surface area contributed by atoms with Crippen LogP contribution in [0, 0.1) is 0 Å². The Morgan fingerprint density at radius 1 is 0.895 bits per heavy atom. The summed E-state index contributed by atoms with van der Waals surface area (Å²) in [6.07, 6.45) is 0. The number of aliphatic hydroxyl groups is 1. The first-order valence-electron chi connectivity index (χ1n) is 6.15. The lowest BCUT2D eigenvalue weighted by molar-refractivity contribution is 0.225. The zero-order valence-electron chi connectivity index (χ0n) is 10.4. The molecule has 96 valence electrons. The third-order valence-electron chi connectivity index (χ3n) is 2.98.